The van der Waals surface area contributed by atoms with E-state index in [0.717, 1.165) is 31.5 Å². The first-order valence-corrected chi connectivity index (χ1v) is 7.30. The first kappa shape index (κ1) is 17.0. The summed E-state index contributed by atoms with van der Waals surface area (Å²) in [5.41, 5.74) is -1.01. The van der Waals surface area contributed by atoms with Crippen LogP contribution >= 0.6 is 0 Å². The monoisotopic (exact) mass is 329 g/mol. The molecule has 3 N–H and O–H groups in total. The quantitative estimate of drug-likeness (QED) is 0.572. The predicted molar refractivity (Wildman–Crippen MR) is 78.8 cm³/mol. The lowest BCUT2D eigenvalue weighted by atomic mass is 10.0. The van der Waals surface area contributed by atoms with E-state index in [9.17, 15) is 18.0 Å². The van der Waals surface area contributed by atoms with Crippen molar-refractivity contribution in [2.45, 2.75) is 31.5 Å². The number of amides is 2. The minimum absolute atomic E-state index is 0.0310. The van der Waals surface area contributed by atoms with E-state index in [1.165, 1.54) is 0 Å². The van der Waals surface area contributed by atoms with Crippen molar-refractivity contribution >= 4 is 12.0 Å². The van der Waals surface area contributed by atoms with Crippen molar-refractivity contribution in [3.05, 3.63) is 30.1 Å². The number of nitrogens with zero attached hydrogens (tertiary/aromatic N) is 2. The van der Waals surface area contributed by atoms with E-state index < -0.39 is 11.9 Å². The van der Waals surface area contributed by atoms with E-state index in [4.69, 9.17) is 0 Å². The Hall–Kier alpha value is -2.32. The topological polar surface area (TPSA) is 78.9 Å². The fourth-order valence-corrected chi connectivity index (χ4v) is 2.10. The fourth-order valence-electron chi connectivity index (χ4n) is 2.10. The van der Waals surface area contributed by atoms with Crippen LogP contribution in [0.1, 0.15) is 25.0 Å². The standard InChI is InChI=1S/C14H18F3N5O/c15-14(16,17)11-6-7-18-12(22-11)19-8-9-20-13(23)21-10-4-2-1-3-5-10/h2,4,6-7,10H,1,3,5,8-9H2,(H,18,19,22)(H2,20,21,23)/t10-/m1/s1. The number of hydrogen-bond donors (Lipinski definition) is 3. The molecule has 1 aliphatic carbocycles. The highest BCUT2D eigenvalue weighted by molar-refractivity contribution is 5.74. The zero-order chi connectivity index (χ0) is 16.7. The average Bonchev–Trinajstić information content (AvgIpc) is 2.52. The summed E-state index contributed by atoms with van der Waals surface area (Å²) in [5, 5.41) is 8.06. The molecule has 2 amide bonds. The van der Waals surface area contributed by atoms with Crippen molar-refractivity contribution in [2.75, 3.05) is 18.4 Å². The Morgan fingerprint density at radius 2 is 2.17 bits per heavy atom. The van der Waals surface area contributed by atoms with Crippen LogP contribution in [0.25, 0.3) is 0 Å². The molecule has 0 radical (unpaired) electrons. The van der Waals surface area contributed by atoms with Gasteiger partial charge in [-0.15, -0.1) is 0 Å². The summed E-state index contributed by atoms with van der Waals surface area (Å²) in [4.78, 5) is 18.7. The van der Waals surface area contributed by atoms with Gasteiger partial charge in [-0.1, -0.05) is 12.2 Å². The maximum Gasteiger partial charge on any atom is 0.433 e. The van der Waals surface area contributed by atoms with Crippen LogP contribution in [0.5, 0.6) is 0 Å². The Balaban J connectivity index is 1.70. The van der Waals surface area contributed by atoms with Crippen LogP contribution < -0.4 is 16.0 Å². The highest BCUT2D eigenvalue weighted by atomic mass is 19.4. The minimum atomic E-state index is -4.51. The van der Waals surface area contributed by atoms with Gasteiger partial charge < -0.3 is 16.0 Å². The van der Waals surface area contributed by atoms with Gasteiger partial charge in [-0.25, -0.2) is 14.8 Å². The van der Waals surface area contributed by atoms with Gasteiger partial charge in [0.15, 0.2) is 0 Å². The molecule has 6 nitrogen and oxygen atoms in total. The Morgan fingerprint density at radius 3 is 2.87 bits per heavy atom. The second kappa shape index (κ2) is 7.80. The molecule has 0 saturated carbocycles. The fraction of sp³-hybridized carbons (Fsp3) is 0.500. The van der Waals surface area contributed by atoms with Gasteiger partial charge in [0.05, 0.1) is 0 Å². The third-order valence-corrected chi connectivity index (χ3v) is 3.21. The van der Waals surface area contributed by atoms with Gasteiger partial charge in [0.1, 0.15) is 5.69 Å². The molecule has 23 heavy (non-hydrogen) atoms. The number of halogens is 3. The van der Waals surface area contributed by atoms with Gasteiger partial charge >= 0.3 is 12.2 Å². The maximum atomic E-state index is 12.5. The normalized spacial score (nSPS) is 17.6. The number of alkyl halides is 3. The number of aromatic nitrogens is 2. The third-order valence-electron chi connectivity index (χ3n) is 3.21. The molecular weight excluding hydrogens is 311 g/mol. The Labute approximate surface area is 131 Å². The molecule has 0 unspecified atom stereocenters. The van der Waals surface area contributed by atoms with Gasteiger partial charge in [-0.3, -0.25) is 0 Å². The first-order valence-electron chi connectivity index (χ1n) is 7.30. The molecule has 1 aliphatic rings. The minimum Gasteiger partial charge on any atom is -0.352 e. The molecule has 0 bridgehead atoms. The molecule has 0 fully saturated rings. The molecule has 1 heterocycles. The summed E-state index contributed by atoms with van der Waals surface area (Å²) in [6, 6.07) is 0.519. The highest BCUT2D eigenvalue weighted by Crippen LogP contribution is 2.27. The maximum absolute atomic E-state index is 12.5. The van der Waals surface area contributed by atoms with E-state index in [1.54, 1.807) is 0 Å². The van der Waals surface area contributed by atoms with E-state index in [-0.39, 0.29) is 31.1 Å². The lowest BCUT2D eigenvalue weighted by molar-refractivity contribution is -0.141. The van der Waals surface area contributed by atoms with Crippen molar-refractivity contribution in [1.29, 1.82) is 0 Å². The second-order valence-electron chi connectivity index (χ2n) is 5.06. The van der Waals surface area contributed by atoms with Crippen LogP contribution in [0.4, 0.5) is 23.9 Å². The van der Waals surface area contributed by atoms with Crippen molar-refractivity contribution in [2.24, 2.45) is 0 Å². The number of anilines is 1. The van der Waals surface area contributed by atoms with Gasteiger partial charge in [-0.05, 0) is 25.3 Å². The lowest BCUT2D eigenvalue weighted by Gasteiger charge is -2.18. The molecule has 0 aliphatic heterocycles. The first-order chi connectivity index (χ1) is 10.9. The second-order valence-corrected chi connectivity index (χ2v) is 5.06. The van der Waals surface area contributed by atoms with Crippen molar-refractivity contribution in [1.82, 2.24) is 20.6 Å². The molecule has 0 saturated heterocycles. The van der Waals surface area contributed by atoms with Crippen LogP contribution in [0.3, 0.4) is 0 Å². The summed E-state index contributed by atoms with van der Waals surface area (Å²) < 4.78 is 37.5. The number of urea groups is 1. The van der Waals surface area contributed by atoms with Crippen LogP contribution in [-0.4, -0.2) is 35.1 Å². The van der Waals surface area contributed by atoms with Gasteiger partial charge in [-0.2, -0.15) is 13.2 Å². The lowest BCUT2D eigenvalue weighted by Crippen LogP contribution is -2.43. The average molecular weight is 329 g/mol. The van der Waals surface area contributed by atoms with Crippen molar-refractivity contribution in [3.8, 4) is 0 Å². The van der Waals surface area contributed by atoms with E-state index in [2.05, 4.69) is 25.9 Å². The number of rotatable bonds is 5. The zero-order valence-electron chi connectivity index (χ0n) is 12.4. The predicted octanol–water partition coefficient (Wildman–Crippen LogP) is 2.32. The smallest absolute Gasteiger partial charge is 0.352 e. The number of hydrogen-bond acceptors (Lipinski definition) is 4. The Morgan fingerprint density at radius 1 is 1.35 bits per heavy atom. The van der Waals surface area contributed by atoms with Crippen LogP contribution in [-0.2, 0) is 6.18 Å². The van der Waals surface area contributed by atoms with E-state index in [0.29, 0.717) is 0 Å². The highest BCUT2D eigenvalue weighted by Gasteiger charge is 2.32. The number of nitrogens with one attached hydrogen (secondary N) is 3. The summed E-state index contributed by atoms with van der Waals surface area (Å²) >= 11 is 0. The summed E-state index contributed by atoms with van der Waals surface area (Å²) in [5.74, 6) is -0.128. The molecule has 1 atom stereocenters. The Kier molecular flexibility index (Phi) is 5.78. The third kappa shape index (κ3) is 5.76. The molecule has 2 rings (SSSR count). The van der Waals surface area contributed by atoms with Crippen molar-refractivity contribution < 1.29 is 18.0 Å². The molecule has 1 aromatic heterocycles. The van der Waals surface area contributed by atoms with Crippen molar-refractivity contribution in [3.63, 3.8) is 0 Å². The van der Waals surface area contributed by atoms with E-state index >= 15 is 0 Å². The van der Waals surface area contributed by atoms with Crippen LogP contribution in [0.2, 0.25) is 0 Å². The van der Waals surface area contributed by atoms with Crippen LogP contribution in [0, 0.1) is 0 Å². The van der Waals surface area contributed by atoms with Crippen LogP contribution in [0.15, 0.2) is 24.4 Å². The van der Waals surface area contributed by atoms with Gasteiger partial charge in [0.2, 0.25) is 5.95 Å². The molecular formula is C14H18F3N5O. The largest absolute Gasteiger partial charge is 0.433 e. The van der Waals surface area contributed by atoms with Gasteiger partial charge in [0, 0.05) is 25.3 Å². The number of carbonyl (C=O) groups is 1. The molecule has 1 aromatic rings. The number of carbonyl (C=O) groups excluding carboxylic acids is 1. The summed E-state index contributed by atoms with van der Waals surface area (Å²) in [7, 11) is 0. The van der Waals surface area contributed by atoms with Gasteiger partial charge in [0.25, 0.3) is 0 Å². The summed E-state index contributed by atoms with van der Waals surface area (Å²) in [6.07, 6.45) is 3.48. The zero-order valence-corrected chi connectivity index (χ0v) is 12.4. The molecule has 126 valence electrons. The molecule has 0 spiro atoms. The number of allylic oxidation sites excluding steroid dienone is 1. The Bertz CT molecular complexity index is 562. The molecule has 9 heteroatoms. The molecule has 0 aromatic carbocycles. The SMILES string of the molecule is O=C(NCCNc1nccc(C(F)(F)F)n1)N[C@@H]1C=CCCC1. The van der Waals surface area contributed by atoms with E-state index in [1.807, 2.05) is 12.2 Å². The summed E-state index contributed by atoms with van der Waals surface area (Å²) in [6.45, 7) is 0.455.